The molecule has 2 rings (SSSR count). The molecular weight excluding hydrogens is 342 g/mol. The van der Waals surface area contributed by atoms with Crippen molar-refractivity contribution in [1.82, 2.24) is 4.31 Å². The van der Waals surface area contributed by atoms with Crippen LogP contribution in [0.5, 0.6) is 0 Å². The van der Waals surface area contributed by atoms with Crippen molar-refractivity contribution in [2.24, 2.45) is 0 Å². The van der Waals surface area contributed by atoms with Crippen LogP contribution in [0.25, 0.3) is 0 Å². The number of sulfonamides is 1. The van der Waals surface area contributed by atoms with Gasteiger partial charge in [0.25, 0.3) is 0 Å². The van der Waals surface area contributed by atoms with E-state index in [0.29, 0.717) is 5.56 Å². The zero-order valence-electron chi connectivity index (χ0n) is 11.8. The maximum atomic E-state index is 12.6. The second kappa shape index (κ2) is 5.15. The number of benzene rings is 1. The van der Waals surface area contributed by atoms with Crippen molar-refractivity contribution in [1.29, 1.82) is 0 Å². The molecule has 1 fully saturated rings. The molecule has 20 heavy (non-hydrogen) atoms. The molecule has 0 N–H and O–H groups in total. The van der Waals surface area contributed by atoms with Crippen LogP contribution in [-0.4, -0.2) is 24.2 Å². The first-order valence-electron chi connectivity index (χ1n) is 6.40. The average molecular weight is 360 g/mol. The fourth-order valence-electron chi connectivity index (χ4n) is 2.48. The lowest BCUT2D eigenvalue weighted by atomic mass is 10.1. The number of hydrogen-bond donors (Lipinski definition) is 0. The molecule has 1 aliphatic rings. The van der Waals surface area contributed by atoms with E-state index in [-0.39, 0.29) is 12.3 Å². The molecule has 1 heterocycles. The Bertz CT molecular complexity index is 617. The minimum atomic E-state index is -3.64. The van der Waals surface area contributed by atoms with Crippen LogP contribution in [0, 0.1) is 0 Å². The summed E-state index contributed by atoms with van der Waals surface area (Å²) in [6.07, 6.45) is 0.0211. The number of rotatable bonds is 2. The molecule has 1 atom stereocenters. The van der Waals surface area contributed by atoms with Gasteiger partial charge in [0.2, 0.25) is 15.9 Å². The van der Waals surface area contributed by atoms with Crippen molar-refractivity contribution in [3.05, 3.63) is 35.4 Å². The van der Waals surface area contributed by atoms with Crippen LogP contribution < -0.4 is 0 Å². The third-order valence-corrected chi connectivity index (χ3v) is 6.38. The first kappa shape index (κ1) is 15.5. The number of carbonyl (C=O) groups is 1. The van der Waals surface area contributed by atoms with Crippen LogP contribution in [0.2, 0.25) is 0 Å². The Morgan fingerprint density at radius 2 is 1.80 bits per heavy atom. The van der Waals surface area contributed by atoms with Gasteiger partial charge < -0.3 is 0 Å². The first-order valence-corrected chi connectivity index (χ1v) is 9.02. The highest BCUT2D eigenvalue weighted by molar-refractivity contribution is 9.08. The number of hydrogen-bond acceptors (Lipinski definition) is 3. The summed E-state index contributed by atoms with van der Waals surface area (Å²) in [7, 11) is -3.64. The van der Waals surface area contributed by atoms with Crippen molar-refractivity contribution >= 4 is 31.9 Å². The quantitative estimate of drug-likeness (QED) is 0.762. The van der Waals surface area contributed by atoms with Crippen LogP contribution in [0.3, 0.4) is 0 Å². The van der Waals surface area contributed by atoms with Crippen molar-refractivity contribution in [3.8, 4) is 0 Å². The van der Waals surface area contributed by atoms with E-state index in [1.807, 2.05) is 12.1 Å². The van der Waals surface area contributed by atoms with E-state index in [9.17, 15) is 13.2 Å². The SMILES string of the molecule is CC(C)(C)N1C(=O)CC(c2ccc(CBr)cc2)S1(=O)=O. The van der Waals surface area contributed by atoms with Crippen molar-refractivity contribution < 1.29 is 13.2 Å². The Kier molecular flexibility index (Phi) is 3.99. The number of carbonyl (C=O) groups excluding carboxylic acids is 1. The fraction of sp³-hybridized carbons (Fsp3) is 0.500. The normalized spacial score (nSPS) is 22.3. The third-order valence-electron chi connectivity index (χ3n) is 3.32. The number of nitrogens with zero attached hydrogens (tertiary/aromatic N) is 1. The minimum absolute atomic E-state index is 0.0211. The van der Waals surface area contributed by atoms with Gasteiger partial charge in [-0.15, -0.1) is 0 Å². The average Bonchev–Trinajstić information content (AvgIpc) is 2.58. The van der Waals surface area contributed by atoms with Crippen LogP contribution in [0.1, 0.15) is 43.6 Å². The second-order valence-corrected chi connectivity index (χ2v) is 8.47. The van der Waals surface area contributed by atoms with E-state index in [4.69, 9.17) is 0 Å². The van der Waals surface area contributed by atoms with Gasteiger partial charge in [-0.05, 0) is 31.9 Å². The molecule has 1 aromatic rings. The molecule has 0 spiro atoms. The predicted octanol–water partition coefficient (Wildman–Crippen LogP) is 2.98. The highest BCUT2D eigenvalue weighted by atomic mass is 79.9. The zero-order valence-corrected chi connectivity index (χ0v) is 14.2. The monoisotopic (exact) mass is 359 g/mol. The van der Waals surface area contributed by atoms with Gasteiger partial charge >= 0.3 is 0 Å². The minimum Gasteiger partial charge on any atom is -0.274 e. The van der Waals surface area contributed by atoms with E-state index in [1.54, 1.807) is 32.9 Å². The van der Waals surface area contributed by atoms with Gasteiger partial charge in [-0.1, -0.05) is 40.2 Å². The van der Waals surface area contributed by atoms with Gasteiger partial charge in [-0.2, -0.15) is 0 Å². The molecular formula is C14H18BrNO3S. The van der Waals surface area contributed by atoms with E-state index in [0.717, 1.165) is 15.2 Å². The smallest absolute Gasteiger partial charge is 0.245 e. The lowest BCUT2D eigenvalue weighted by molar-refractivity contribution is -0.128. The van der Waals surface area contributed by atoms with Crippen molar-refractivity contribution in [2.45, 2.75) is 43.3 Å². The molecule has 1 unspecified atom stereocenters. The fourth-order valence-corrected chi connectivity index (χ4v) is 5.09. The van der Waals surface area contributed by atoms with Crippen LogP contribution in [0.15, 0.2) is 24.3 Å². The Hall–Kier alpha value is -0.880. The molecule has 1 aromatic carbocycles. The topological polar surface area (TPSA) is 54.5 Å². The Morgan fingerprint density at radius 3 is 2.20 bits per heavy atom. The van der Waals surface area contributed by atoms with Crippen molar-refractivity contribution in [2.75, 3.05) is 0 Å². The Balaban J connectivity index is 2.42. The summed E-state index contributed by atoms with van der Waals surface area (Å²) in [5.74, 6) is -0.327. The predicted molar refractivity (Wildman–Crippen MR) is 81.9 cm³/mol. The Labute approximate surface area is 128 Å². The molecule has 0 aliphatic carbocycles. The van der Waals surface area contributed by atoms with E-state index in [2.05, 4.69) is 15.9 Å². The highest BCUT2D eigenvalue weighted by Gasteiger charge is 2.49. The molecule has 0 bridgehead atoms. The molecule has 110 valence electrons. The number of alkyl halides is 1. The van der Waals surface area contributed by atoms with Gasteiger partial charge in [0, 0.05) is 5.33 Å². The summed E-state index contributed by atoms with van der Waals surface area (Å²) < 4.78 is 26.2. The summed E-state index contributed by atoms with van der Waals surface area (Å²) in [5, 5.41) is -0.0452. The van der Waals surface area contributed by atoms with E-state index < -0.39 is 20.8 Å². The maximum absolute atomic E-state index is 12.6. The van der Waals surface area contributed by atoms with Gasteiger partial charge in [0.15, 0.2) is 0 Å². The standard InChI is InChI=1S/C14H18BrNO3S/c1-14(2,3)16-13(17)8-12(20(16,18)19)11-6-4-10(9-15)5-7-11/h4-7,12H,8-9H2,1-3H3. The van der Waals surface area contributed by atoms with Crippen LogP contribution >= 0.6 is 15.9 Å². The van der Waals surface area contributed by atoms with E-state index >= 15 is 0 Å². The highest BCUT2D eigenvalue weighted by Crippen LogP contribution is 2.40. The molecule has 1 amide bonds. The molecule has 6 heteroatoms. The molecule has 0 radical (unpaired) electrons. The Morgan fingerprint density at radius 1 is 1.25 bits per heavy atom. The lowest BCUT2D eigenvalue weighted by Crippen LogP contribution is -2.45. The van der Waals surface area contributed by atoms with Crippen LogP contribution in [-0.2, 0) is 20.1 Å². The summed E-state index contributed by atoms with van der Waals surface area (Å²) in [5.41, 5.74) is 1.03. The molecule has 4 nitrogen and oxygen atoms in total. The molecule has 1 saturated heterocycles. The maximum Gasteiger partial charge on any atom is 0.245 e. The van der Waals surface area contributed by atoms with Gasteiger partial charge in [-0.3, -0.25) is 4.79 Å². The van der Waals surface area contributed by atoms with E-state index in [1.165, 1.54) is 0 Å². The second-order valence-electron chi connectivity index (χ2n) is 5.94. The summed E-state index contributed by atoms with van der Waals surface area (Å²) in [6.45, 7) is 5.20. The molecule has 0 aromatic heterocycles. The lowest BCUT2D eigenvalue weighted by Gasteiger charge is -2.30. The third kappa shape index (κ3) is 2.63. The van der Waals surface area contributed by atoms with Gasteiger partial charge in [0.1, 0.15) is 5.25 Å². The largest absolute Gasteiger partial charge is 0.274 e. The summed E-state index contributed by atoms with van der Waals surface area (Å²) in [4.78, 5) is 12.1. The van der Waals surface area contributed by atoms with Crippen LogP contribution in [0.4, 0.5) is 0 Å². The number of halogens is 1. The zero-order chi connectivity index (χ0) is 15.1. The first-order chi connectivity index (χ1) is 9.17. The van der Waals surface area contributed by atoms with Gasteiger partial charge in [0.05, 0.1) is 12.0 Å². The van der Waals surface area contributed by atoms with Gasteiger partial charge in [-0.25, -0.2) is 12.7 Å². The molecule has 0 saturated carbocycles. The summed E-state index contributed by atoms with van der Waals surface area (Å²) in [6, 6.07) is 7.34. The summed E-state index contributed by atoms with van der Waals surface area (Å²) >= 11 is 3.35. The van der Waals surface area contributed by atoms with Crippen molar-refractivity contribution in [3.63, 3.8) is 0 Å². The number of amides is 1. The molecule has 1 aliphatic heterocycles.